The first kappa shape index (κ1) is 55.7. The third-order valence-electron chi connectivity index (χ3n) is 9.64. The van der Waals surface area contributed by atoms with Gasteiger partial charge in [0.1, 0.15) is 0 Å². The summed E-state index contributed by atoms with van der Waals surface area (Å²) in [6, 6.07) is 4.63. The summed E-state index contributed by atoms with van der Waals surface area (Å²) in [6.45, 7) is 28.2. The Balaban J connectivity index is -0.000000843. The van der Waals surface area contributed by atoms with Gasteiger partial charge < -0.3 is 19.3 Å². The molecule has 0 radical (unpaired) electrons. The van der Waals surface area contributed by atoms with Crippen LogP contribution in [0.2, 0.25) is 0 Å². The summed E-state index contributed by atoms with van der Waals surface area (Å²) in [7, 11) is 0. The minimum absolute atomic E-state index is 0.157. The van der Waals surface area contributed by atoms with Crippen molar-refractivity contribution in [2.75, 3.05) is 26.4 Å². The average molecular weight is 788 g/mol. The molecule has 0 aliphatic heterocycles. The van der Waals surface area contributed by atoms with Crippen LogP contribution in [0.1, 0.15) is 131 Å². The van der Waals surface area contributed by atoms with Crippen molar-refractivity contribution in [2.24, 2.45) is 34.5 Å². The van der Waals surface area contributed by atoms with Crippen LogP contribution in [0.5, 0.6) is 0 Å². The van der Waals surface area contributed by atoms with Crippen molar-refractivity contribution < 1.29 is 28.9 Å². The Hall–Kier alpha value is -3.59. The molecule has 0 saturated heterocycles. The number of unbranched alkanes of at least 4 members (excludes halogenated alkanes) is 2. The molecule has 0 aliphatic carbocycles. The number of carbonyl (C=O) groups is 2. The van der Waals surface area contributed by atoms with Gasteiger partial charge >= 0.3 is 5.97 Å². The largest absolute Gasteiger partial charge is 0.502 e. The molecule has 6 atom stereocenters. The highest BCUT2D eigenvalue weighted by atomic mass is 35.5. The molecule has 0 aromatic heterocycles. The van der Waals surface area contributed by atoms with Crippen molar-refractivity contribution in [3.05, 3.63) is 75.3 Å². The highest BCUT2D eigenvalue weighted by Gasteiger charge is 2.35. The van der Waals surface area contributed by atoms with Gasteiger partial charge in [0.05, 0.1) is 61.7 Å². The van der Waals surface area contributed by atoms with Crippen LogP contribution in [0.15, 0.2) is 75.3 Å². The van der Waals surface area contributed by atoms with Gasteiger partial charge in [0, 0.05) is 12.0 Å². The first-order valence-electron chi connectivity index (χ1n) is 20.0. The molecule has 312 valence electrons. The van der Waals surface area contributed by atoms with E-state index in [2.05, 4.69) is 70.5 Å². The third-order valence-corrected chi connectivity index (χ3v) is 10.1. The number of nitrogens with zero attached hydrogens (tertiary/aromatic N) is 2. The molecule has 0 amide bonds. The summed E-state index contributed by atoms with van der Waals surface area (Å²) < 4.78 is 15.3. The number of aliphatic hydroxyl groups is 1. The molecule has 8 nitrogen and oxygen atoms in total. The van der Waals surface area contributed by atoms with E-state index in [1.807, 2.05) is 45.9 Å². The molecule has 0 aliphatic rings. The Morgan fingerprint density at radius 1 is 0.727 bits per heavy atom. The lowest BCUT2D eigenvalue weighted by Crippen LogP contribution is -2.31. The standard InChI is InChI=1S/C23H37NO3.C17H26ClNO.C6H12O2/c1-6-20(4)14-10-9-11-15-21(19-24)18-23(5,7-2)22(25)27-17-13-12-16-26-8-3;1-5-14(3)10-8-7-9-11-15(13-19)12-17(4,6-2)16(18)20;1-2-8-6-4-3-5-7/h6,8-9,11,20-21H,1,3,7,10,12-18H2,2,4-5H3;5,7,9,14-15H,1,6,8,10-12H2,2-4H3;2,7H,1,3-6H2. The van der Waals surface area contributed by atoms with E-state index in [0.29, 0.717) is 70.2 Å². The second-order valence-electron chi connectivity index (χ2n) is 14.5. The minimum atomic E-state index is -0.622. The first-order valence-corrected chi connectivity index (χ1v) is 20.4. The van der Waals surface area contributed by atoms with E-state index >= 15 is 0 Å². The minimum Gasteiger partial charge on any atom is -0.502 e. The van der Waals surface area contributed by atoms with E-state index < -0.39 is 10.8 Å². The Morgan fingerprint density at radius 2 is 1.15 bits per heavy atom. The zero-order chi connectivity index (χ0) is 42.4. The van der Waals surface area contributed by atoms with Crippen LogP contribution >= 0.6 is 11.6 Å². The van der Waals surface area contributed by atoms with Crippen LogP contribution in [0.4, 0.5) is 0 Å². The molecule has 0 heterocycles. The monoisotopic (exact) mass is 787 g/mol. The lowest BCUT2D eigenvalue weighted by Gasteiger charge is -2.27. The molecule has 55 heavy (non-hydrogen) atoms. The number of ether oxygens (including phenoxy) is 3. The summed E-state index contributed by atoms with van der Waals surface area (Å²) in [5.41, 5.74) is -1.21. The number of carbonyl (C=O) groups excluding carboxylic acids is 2. The molecular formula is C46H75ClN2O6. The topological polar surface area (TPSA) is 130 Å². The smallest absolute Gasteiger partial charge is 0.311 e. The van der Waals surface area contributed by atoms with Crippen molar-refractivity contribution in [3.8, 4) is 12.1 Å². The zero-order valence-corrected chi connectivity index (χ0v) is 36.0. The number of nitriles is 2. The molecule has 0 bridgehead atoms. The quantitative estimate of drug-likeness (QED) is 0.0242. The number of hydrogen-bond acceptors (Lipinski definition) is 8. The molecule has 0 aromatic rings. The summed E-state index contributed by atoms with van der Waals surface area (Å²) in [6.07, 6.45) is 26.2. The fourth-order valence-electron chi connectivity index (χ4n) is 4.99. The van der Waals surface area contributed by atoms with Gasteiger partial charge in [-0.1, -0.05) is 84.2 Å². The van der Waals surface area contributed by atoms with Gasteiger partial charge in [0.2, 0.25) is 5.24 Å². The van der Waals surface area contributed by atoms with Crippen LogP contribution in [0.25, 0.3) is 0 Å². The molecule has 6 unspecified atom stereocenters. The van der Waals surface area contributed by atoms with Crippen LogP contribution in [-0.2, 0) is 23.8 Å². The maximum absolute atomic E-state index is 12.5. The molecule has 0 fully saturated rings. The lowest BCUT2D eigenvalue weighted by atomic mass is 9.78. The Bertz CT molecular complexity index is 1190. The average Bonchev–Trinajstić information content (AvgIpc) is 3.19. The number of allylic oxidation sites excluding steroid dienone is 6. The predicted octanol–water partition coefficient (Wildman–Crippen LogP) is 12.1. The fraction of sp³-hybridized carbons (Fsp3) is 0.652. The van der Waals surface area contributed by atoms with Crippen LogP contribution in [-0.4, -0.2) is 42.7 Å². The van der Waals surface area contributed by atoms with E-state index in [9.17, 15) is 20.1 Å². The molecule has 1 N–H and O–H groups in total. The zero-order valence-electron chi connectivity index (χ0n) is 35.2. The first-order chi connectivity index (χ1) is 26.2. The summed E-state index contributed by atoms with van der Waals surface area (Å²) in [4.78, 5) is 24.0. The van der Waals surface area contributed by atoms with Gasteiger partial charge in [-0.3, -0.25) is 9.59 Å². The maximum Gasteiger partial charge on any atom is 0.311 e. The van der Waals surface area contributed by atoms with Crippen molar-refractivity contribution in [2.45, 2.75) is 131 Å². The van der Waals surface area contributed by atoms with E-state index in [0.717, 1.165) is 51.4 Å². The molecule has 9 heteroatoms. The summed E-state index contributed by atoms with van der Waals surface area (Å²) in [5.74, 6) is 0.470. The summed E-state index contributed by atoms with van der Waals surface area (Å²) >= 11 is 5.65. The number of hydrogen-bond donors (Lipinski definition) is 1. The number of aliphatic hydroxyl groups excluding tert-OH is 1. The van der Waals surface area contributed by atoms with E-state index in [-0.39, 0.29) is 29.7 Å². The lowest BCUT2D eigenvalue weighted by molar-refractivity contribution is -0.156. The Kier molecular flexibility index (Phi) is 37.8. The van der Waals surface area contributed by atoms with Crippen molar-refractivity contribution in [1.82, 2.24) is 0 Å². The van der Waals surface area contributed by atoms with Gasteiger partial charge in [-0.05, 0) is 120 Å². The highest BCUT2D eigenvalue weighted by molar-refractivity contribution is 6.64. The second-order valence-corrected chi connectivity index (χ2v) is 14.8. The van der Waals surface area contributed by atoms with Gasteiger partial charge in [0.25, 0.3) is 0 Å². The second kappa shape index (κ2) is 37.3. The predicted molar refractivity (Wildman–Crippen MR) is 229 cm³/mol. The fourth-order valence-corrected chi connectivity index (χ4v) is 5.20. The maximum atomic E-state index is 12.5. The Morgan fingerprint density at radius 3 is 1.51 bits per heavy atom. The van der Waals surface area contributed by atoms with Crippen LogP contribution in [0.3, 0.4) is 0 Å². The van der Waals surface area contributed by atoms with Crippen LogP contribution < -0.4 is 0 Å². The molecule has 0 spiro atoms. The van der Waals surface area contributed by atoms with Crippen LogP contribution in [0, 0.1) is 57.2 Å². The SMILES string of the molecule is C=CC(C)CCC=CCC(C#N)CC(C)(CC)C(=O)Cl.C=COCCCCO.C=COCCCCOC(=O)C(C)(CC)CC(C#N)CC=CCCC(C)C=C. The van der Waals surface area contributed by atoms with Crippen molar-refractivity contribution in [3.63, 3.8) is 0 Å². The van der Waals surface area contributed by atoms with Gasteiger partial charge in [-0.2, -0.15) is 10.5 Å². The number of rotatable bonds is 31. The van der Waals surface area contributed by atoms with Crippen molar-refractivity contribution >= 4 is 22.8 Å². The van der Waals surface area contributed by atoms with Gasteiger partial charge in [-0.25, -0.2) is 0 Å². The van der Waals surface area contributed by atoms with E-state index in [1.165, 1.54) is 12.5 Å². The normalized spacial score (nSPS) is 15.0. The molecule has 0 rings (SSSR count). The Labute approximate surface area is 341 Å². The molecule has 0 aromatic carbocycles. The molecular weight excluding hydrogens is 712 g/mol. The number of esters is 1. The third kappa shape index (κ3) is 31.3. The molecule has 0 saturated carbocycles. The summed E-state index contributed by atoms with van der Waals surface area (Å²) in [5, 5.41) is 26.6. The highest BCUT2D eigenvalue weighted by Crippen LogP contribution is 2.34. The van der Waals surface area contributed by atoms with E-state index in [1.54, 1.807) is 0 Å². The number of halogens is 1. The van der Waals surface area contributed by atoms with Gasteiger partial charge in [-0.15, -0.1) is 13.2 Å². The van der Waals surface area contributed by atoms with Crippen molar-refractivity contribution in [1.29, 1.82) is 10.5 Å². The van der Waals surface area contributed by atoms with E-state index in [4.69, 9.17) is 30.9 Å². The van der Waals surface area contributed by atoms with Gasteiger partial charge in [0.15, 0.2) is 0 Å².